The Labute approximate surface area is 171 Å². The topological polar surface area (TPSA) is 61.4 Å². The van der Waals surface area contributed by atoms with Gasteiger partial charge in [-0.1, -0.05) is 49.2 Å². The minimum absolute atomic E-state index is 0.131. The molecule has 1 atom stereocenters. The summed E-state index contributed by atoms with van der Waals surface area (Å²) in [6.07, 6.45) is 5.57. The Balaban J connectivity index is 1.56. The molecule has 1 heterocycles. The third kappa shape index (κ3) is 5.91. The first-order chi connectivity index (χ1) is 13.6. The van der Waals surface area contributed by atoms with E-state index < -0.39 is 6.04 Å². The Hall–Kier alpha value is -2.18. The van der Waals surface area contributed by atoms with Gasteiger partial charge in [0.2, 0.25) is 5.91 Å². The molecular weight excluding hydrogens is 370 g/mol. The second-order valence-electron chi connectivity index (χ2n) is 7.40. The highest BCUT2D eigenvalue weighted by Crippen LogP contribution is 2.21. The highest BCUT2D eigenvalue weighted by Gasteiger charge is 2.23. The van der Waals surface area contributed by atoms with Gasteiger partial charge >= 0.3 is 0 Å². The van der Waals surface area contributed by atoms with E-state index in [1.165, 1.54) is 37.0 Å². The maximum absolute atomic E-state index is 12.8. The first-order valence-electron chi connectivity index (χ1n) is 9.99. The van der Waals surface area contributed by atoms with Crippen LogP contribution in [-0.4, -0.2) is 48.9 Å². The molecule has 5 nitrogen and oxygen atoms in total. The number of carbonyl (C=O) groups is 2. The Morgan fingerprint density at radius 3 is 2.57 bits per heavy atom. The molecule has 2 N–H and O–H groups in total. The van der Waals surface area contributed by atoms with Crippen molar-refractivity contribution in [1.82, 2.24) is 15.5 Å². The van der Waals surface area contributed by atoms with Crippen LogP contribution in [-0.2, 0) is 11.2 Å². The summed E-state index contributed by atoms with van der Waals surface area (Å²) in [5, 5.41) is 7.78. The average molecular weight is 400 g/mol. The van der Waals surface area contributed by atoms with E-state index in [2.05, 4.69) is 22.6 Å². The Bertz CT molecular complexity index is 742. The predicted molar refractivity (Wildman–Crippen MR) is 114 cm³/mol. The second-order valence-corrected chi connectivity index (χ2v) is 8.35. The molecule has 1 aliphatic carbocycles. The van der Waals surface area contributed by atoms with E-state index in [1.54, 1.807) is 6.07 Å². The van der Waals surface area contributed by atoms with Gasteiger partial charge in [-0.25, -0.2) is 0 Å². The summed E-state index contributed by atoms with van der Waals surface area (Å²) in [7, 11) is 2.13. The fourth-order valence-electron chi connectivity index (χ4n) is 3.70. The van der Waals surface area contributed by atoms with Crippen molar-refractivity contribution in [2.45, 2.75) is 44.2 Å². The molecule has 0 aliphatic heterocycles. The van der Waals surface area contributed by atoms with Crippen LogP contribution in [0.1, 0.15) is 40.9 Å². The van der Waals surface area contributed by atoms with E-state index in [4.69, 9.17) is 0 Å². The van der Waals surface area contributed by atoms with Gasteiger partial charge in [0.15, 0.2) is 0 Å². The van der Waals surface area contributed by atoms with Gasteiger partial charge in [0.1, 0.15) is 6.04 Å². The van der Waals surface area contributed by atoms with Gasteiger partial charge < -0.3 is 15.5 Å². The number of likely N-dealkylation sites (N-methyl/N-ethyl adjacent to an activating group) is 1. The van der Waals surface area contributed by atoms with Gasteiger partial charge in [0.05, 0.1) is 4.88 Å². The number of benzene rings is 1. The number of carbonyl (C=O) groups excluding carboxylic acids is 2. The molecule has 1 aromatic carbocycles. The number of thiophene rings is 1. The molecule has 0 saturated heterocycles. The van der Waals surface area contributed by atoms with Crippen LogP contribution in [0, 0.1) is 0 Å². The van der Waals surface area contributed by atoms with Crippen LogP contribution < -0.4 is 10.6 Å². The zero-order valence-corrected chi connectivity index (χ0v) is 17.2. The number of amides is 2. The lowest BCUT2D eigenvalue weighted by Crippen LogP contribution is -2.49. The Morgan fingerprint density at radius 2 is 1.89 bits per heavy atom. The molecule has 2 aromatic rings. The summed E-state index contributed by atoms with van der Waals surface area (Å²) < 4.78 is 0. The normalized spacial score (nSPS) is 15.5. The molecule has 1 fully saturated rings. The Morgan fingerprint density at radius 1 is 1.14 bits per heavy atom. The zero-order valence-electron chi connectivity index (χ0n) is 16.4. The minimum Gasteiger partial charge on any atom is -0.353 e. The van der Waals surface area contributed by atoms with Gasteiger partial charge in [0.25, 0.3) is 5.91 Å². The van der Waals surface area contributed by atoms with E-state index >= 15 is 0 Å². The maximum atomic E-state index is 12.8. The molecule has 1 saturated carbocycles. The molecule has 0 radical (unpaired) electrons. The molecular formula is C22H29N3O2S. The van der Waals surface area contributed by atoms with Crippen molar-refractivity contribution in [1.29, 1.82) is 0 Å². The van der Waals surface area contributed by atoms with Gasteiger partial charge in [-0.2, -0.15) is 0 Å². The van der Waals surface area contributed by atoms with E-state index in [0.717, 1.165) is 12.1 Å². The molecule has 2 amide bonds. The van der Waals surface area contributed by atoms with Crippen molar-refractivity contribution in [3.05, 3.63) is 58.3 Å². The second kappa shape index (κ2) is 10.4. The number of nitrogens with zero attached hydrogens (tertiary/aromatic N) is 1. The zero-order chi connectivity index (χ0) is 19.8. The summed E-state index contributed by atoms with van der Waals surface area (Å²) in [6.45, 7) is 1.42. The summed E-state index contributed by atoms with van der Waals surface area (Å²) in [6, 6.07) is 13.4. The van der Waals surface area contributed by atoms with Crippen molar-refractivity contribution in [2.24, 2.45) is 0 Å². The first-order valence-corrected chi connectivity index (χ1v) is 10.9. The van der Waals surface area contributed by atoms with Gasteiger partial charge in [-0.3, -0.25) is 9.59 Å². The smallest absolute Gasteiger partial charge is 0.262 e. The lowest BCUT2D eigenvalue weighted by molar-refractivity contribution is -0.123. The van der Waals surface area contributed by atoms with E-state index in [0.29, 0.717) is 23.9 Å². The van der Waals surface area contributed by atoms with Gasteiger partial charge in [0, 0.05) is 25.6 Å². The van der Waals surface area contributed by atoms with Crippen LogP contribution in [0.3, 0.4) is 0 Å². The number of rotatable bonds is 9. The Kier molecular flexibility index (Phi) is 7.62. The number of hydrogen-bond acceptors (Lipinski definition) is 4. The minimum atomic E-state index is -0.589. The quantitative estimate of drug-likeness (QED) is 0.681. The molecule has 3 rings (SSSR count). The van der Waals surface area contributed by atoms with Crippen molar-refractivity contribution >= 4 is 23.2 Å². The molecule has 0 spiro atoms. The van der Waals surface area contributed by atoms with Crippen LogP contribution in [0.4, 0.5) is 0 Å². The van der Waals surface area contributed by atoms with Crippen LogP contribution >= 0.6 is 11.3 Å². The monoisotopic (exact) mass is 399 g/mol. The predicted octanol–water partition coefficient (Wildman–Crippen LogP) is 3.08. The summed E-state index contributed by atoms with van der Waals surface area (Å²) in [4.78, 5) is 28.2. The molecule has 1 aromatic heterocycles. The molecule has 1 aliphatic rings. The highest BCUT2D eigenvalue weighted by atomic mass is 32.1. The lowest BCUT2D eigenvalue weighted by Gasteiger charge is -2.25. The van der Waals surface area contributed by atoms with Crippen LogP contribution in [0.5, 0.6) is 0 Å². The van der Waals surface area contributed by atoms with Crippen molar-refractivity contribution in [2.75, 3.05) is 20.1 Å². The largest absolute Gasteiger partial charge is 0.353 e. The van der Waals surface area contributed by atoms with Crippen LogP contribution in [0.25, 0.3) is 0 Å². The van der Waals surface area contributed by atoms with Crippen molar-refractivity contribution < 1.29 is 9.59 Å². The number of nitrogens with one attached hydrogen (secondary N) is 2. The third-order valence-electron chi connectivity index (χ3n) is 5.36. The van der Waals surface area contributed by atoms with Crippen molar-refractivity contribution in [3.63, 3.8) is 0 Å². The molecule has 6 heteroatoms. The van der Waals surface area contributed by atoms with Crippen molar-refractivity contribution in [3.8, 4) is 0 Å². The highest BCUT2D eigenvalue weighted by molar-refractivity contribution is 7.12. The first kappa shape index (κ1) is 20.6. The summed E-state index contributed by atoms with van der Waals surface area (Å²) in [5.41, 5.74) is 1.03. The molecule has 1 unspecified atom stereocenters. The van der Waals surface area contributed by atoms with E-state index in [-0.39, 0.29) is 11.8 Å². The number of hydrogen-bond donors (Lipinski definition) is 2. The van der Waals surface area contributed by atoms with Crippen LogP contribution in [0.2, 0.25) is 0 Å². The standard InChI is InChI=1S/C22H29N3O2S/c1-25(18-10-5-6-11-18)14-13-23-21(26)19(16-17-8-3-2-4-9-17)24-22(27)20-12-7-15-28-20/h2-4,7-9,12,15,18-19H,5-6,10-11,13-14,16H2,1H3,(H,23,26)(H,24,27). The maximum Gasteiger partial charge on any atom is 0.262 e. The molecule has 0 bridgehead atoms. The fraction of sp³-hybridized carbons (Fsp3) is 0.455. The van der Waals surface area contributed by atoms with E-state index in [9.17, 15) is 9.59 Å². The van der Waals surface area contributed by atoms with Gasteiger partial charge in [-0.15, -0.1) is 11.3 Å². The van der Waals surface area contributed by atoms with E-state index in [1.807, 2.05) is 41.8 Å². The molecule has 28 heavy (non-hydrogen) atoms. The SMILES string of the molecule is CN(CCNC(=O)C(Cc1ccccc1)NC(=O)c1cccs1)C1CCCC1. The third-order valence-corrected chi connectivity index (χ3v) is 6.23. The van der Waals surface area contributed by atoms with Gasteiger partial charge in [-0.05, 0) is 36.9 Å². The molecule has 150 valence electrons. The average Bonchev–Trinajstić information content (AvgIpc) is 3.42. The van der Waals surface area contributed by atoms with Crippen LogP contribution in [0.15, 0.2) is 47.8 Å². The lowest BCUT2D eigenvalue weighted by atomic mass is 10.1. The summed E-state index contributed by atoms with van der Waals surface area (Å²) >= 11 is 1.38. The fourth-order valence-corrected chi connectivity index (χ4v) is 4.33. The summed E-state index contributed by atoms with van der Waals surface area (Å²) in [5.74, 6) is -0.331.